The van der Waals surface area contributed by atoms with E-state index in [0.29, 0.717) is 6.04 Å². The number of fused-ring (bicyclic) bond motifs is 1. The summed E-state index contributed by atoms with van der Waals surface area (Å²) in [5.74, 6) is 0.904. The average Bonchev–Trinajstić information content (AvgIpc) is 2.35. The van der Waals surface area contributed by atoms with E-state index in [4.69, 9.17) is 4.74 Å². The molecule has 88 valence electrons. The first kappa shape index (κ1) is 11.4. The molecule has 2 atom stereocenters. The molecular formula is C13H19NO2. The molecule has 0 saturated heterocycles. The zero-order valence-electron chi connectivity index (χ0n) is 9.65. The van der Waals surface area contributed by atoms with Crippen molar-refractivity contribution in [3.63, 3.8) is 0 Å². The Labute approximate surface area is 96.4 Å². The van der Waals surface area contributed by atoms with Gasteiger partial charge in [0.05, 0.1) is 6.61 Å². The number of benzene rings is 1. The molecule has 3 nitrogen and oxygen atoms in total. The van der Waals surface area contributed by atoms with Gasteiger partial charge in [-0.3, -0.25) is 0 Å². The maximum absolute atomic E-state index is 9.21. The molecule has 0 aromatic heterocycles. The Morgan fingerprint density at radius 2 is 2.25 bits per heavy atom. The van der Waals surface area contributed by atoms with Gasteiger partial charge in [-0.2, -0.15) is 0 Å². The standard InChI is InChI=1S/C13H19NO2/c1-2-7-14-12-8-10(9-15)16-13-6-4-3-5-11(12)13/h3-6,10,12,14-15H,2,7-9H2,1H3. The molecule has 1 aliphatic rings. The first-order chi connectivity index (χ1) is 7.85. The number of rotatable bonds is 4. The predicted molar refractivity (Wildman–Crippen MR) is 63.6 cm³/mol. The lowest BCUT2D eigenvalue weighted by Gasteiger charge is -2.31. The topological polar surface area (TPSA) is 41.5 Å². The molecule has 1 aromatic rings. The van der Waals surface area contributed by atoms with Crippen molar-refractivity contribution in [3.05, 3.63) is 29.8 Å². The molecule has 2 N–H and O–H groups in total. The molecule has 1 heterocycles. The Bertz CT molecular complexity index is 340. The van der Waals surface area contributed by atoms with E-state index in [1.165, 1.54) is 5.56 Å². The maximum atomic E-state index is 9.21. The minimum absolute atomic E-state index is 0.0794. The number of hydrogen-bond acceptors (Lipinski definition) is 3. The smallest absolute Gasteiger partial charge is 0.124 e. The molecule has 0 amide bonds. The van der Waals surface area contributed by atoms with Crippen LogP contribution < -0.4 is 10.1 Å². The van der Waals surface area contributed by atoms with E-state index in [9.17, 15) is 5.11 Å². The zero-order valence-corrected chi connectivity index (χ0v) is 9.65. The number of ether oxygens (including phenoxy) is 1. The van der Waals surface area contributed by atoms with Gasteiger partial charge >= 0.3 is 0 Å². The van der Waals surface area contributed by atoms with E-state index in [0.717, 1.165) is 25.1 Å². The van der Waals surface area contributed by atoms with Crippen molar-refractivity contribution in [3.8, 4) is 5.75 Å². The summed E-state index contributed by atoms with van der Waals surface area (Å²) in [6, 6.07) is 8.37. The lowest BCUT2D eigenvalue weighted by molar-refractivity contribution is 0.0835. The van der Waals surface area contributed by atoms with Gasteiger partial charge in [0, 0.05) is 18.0 Å². The Morgan fingerprint density at radius 1 is 1.44 bits per heavy atom. The lowest BCUT2D eigenvalue weighted by Crippen LogP contribution is -2.35. The van der Waals surface area contributed by atoms with Crippen molar-refractivity contribution in [2.75, 3.05) is 13.2 Å². The molecule has 0 fully saturated rings. The fourth-order valence-corrected chi connectivity index (χ4v) is 2.12. The molecule has 0 aliphatic carbocycles. The van der Waals surface area contributed by atoms with Gasteiger partial charge in [-0.15, -0.1) is 0 Å². The van der Waals surface area contributed by atoms with Crippen molar-refractivity contribution in [1.29, 1.82) is 0 Å². The normalized spacial score (nSPS) is 23.6. The molecule has 0 saturated carbocycles. The monoisotopic (exact) mass is 221 g/mol. The number of hydrogen-bond donors (Lipinski definition) is 2. The third kappa shape index (κ3) is 2.36. The molecule has 3 heteroatoms. The molecule has 0 bridgehead atoms. The summed E-state index contributed by atoms with van der Waals surface area (Å²) in [6.07, 6.45) is 1.88. The van der Waals surface area contributed by atoms with Gasteiger partial charge in [-0.1, -0.05) is 25.1 Å². The number of aliphatic hydroxyl groups excluding tert-OH is 1. The summed E-state index contributed by atoms with van der Waals surface area (Å²) in [6.45, 7) is 3.23. The highest BCUT2D eigenvalue weighted by Crippen LogP contribution is 2.34. The Balaban J connectivity index is 2.17. The lowest BCUT2D eigenvalue weighted by atomic mass is 9.96. The first-order valence-corrected chi connectivity index (χ1v) is 5.95. The molecule has 2 unspecified atom stereocenters. The number of para-hydroxylation sites is 1. The minimum Gasteiger partial charge on any atom is -0.488 e. The van der Waals surface area contributed by atoms with Crippen molar-refractivity contribution in [2.24, 2.45) is 0 Å². The van der Waals surface area contributed by atoms with Crippen LogP contribution in [-0.4, -0.2) is 24.4 Å². The summed E-state index contributed by atoms with van der Waals surface area (Å²) in [5, 5.41) is 12.7. The second-order valence-corrected chi connectivity index (χ2v) is 4.20. The van der Waals surface area contributed by atoms with Crippen molar-refractivity contribution >= 4 is 0 Å². The van der Waals surface area contributed by atoms with E-state index in [-0.39, 0.29) is 12.7 Å². The second kappa shape index (κ2) is 5.32. The highest BCUT2D eigenvalue weighted by Gasteiger charge is 2.26. The zero-order chi connectivity index (χ0) is 11.4. The molecule has 2 rings (SSSR count). The van der Waals surface area contributed by atoms with Crippen LogP contribution in [0.15, 0.2) is 24.3 Å². The molecule has 1 aliphatic heterocycles. The first-order valence-electron chi connectivity index (χ1n) is 5.95. The second-order valence-electron chi connectivity index (χ2n) is 4.20. The molecular weight excluding hydrogens is 202 g/mol. The van der Waals surface area contributed by atoms with E-state index >= 15 is 0 Å². The van der Waals surface area contributed by atoms with Gasteiger partial charge in [0.25, 0.3) is 0 Å². The van der Waals surface area contributed by atoms with Crippen molar-refractivity contribution in [2.45, 2.75) is 31.9 Å². The van der Waals surface area contributed by atoms with Crippen LogP contribution in [0.3, 0.4) is 0 Å². The summed E-state index contributed by atoms with van der Waals surface area (Å²) in [4.78, 5) is 0. The van der Waals surface area contributed by atoms with Crippen LogP contribution in [-0.2, 0) is 0 Å². The van der Waals surface area contributed by atoms with E-state index in [1.54, 1.807) is 0 Å². The fraction of sp³-hybridized carbons (Fsp3) is 0.538. The van der Waals surface area contributed by atoms with Crippen LogP contribution in [0.5, 0.6) is 5.75 Å². The summed E-state index contributed by atoms with van der Waals surface area (Å²) < 4.78 is 5.70. The maximum Gasteiger partial charge on any atom is 0.124 e. The van der Waals surface area contributed by atoms with Gasteiger partial charge in [-0.25, -0.2) is 0 Å². The predicted octanol–water partition coefficient (Wildman–Crippen LogP) is 1.87. The Kier molecular flexibility index (Phi) is 3.80. The quantitative estimate of drug-likeness (QED) is 0.815. The summed E-state index contributed by atoms with van der Waals surface area (Å²) in [5.41, 5.74) is 1.21. The molecule has 16 heavy (non-hydrogen) atoms. The summed E-state index contributed by atoms with van der Waals surface area (Å²) >= 11 is 0. The SMILES string of the molecule is CCCNC1CC(CO)Oc2ccccc21. The van der Waals surface area contributed by atoms with Crippen LogP contribution in [0, 0.1) is 0 Å². The minimum atomic E-state index is -0.0794. The van der Waals surface area contributed by atoms with Gasteiger partial charge in [0.15, 0.2) is 0 Å². The molecule has 0 spiro atoms. The van der Waals surface area contributed by atoms with Gasteiger partial charge in [-0.05, 0) is 19.0 Å². The van der Waals surface area contributed by atoms with Crippen LogP contribution in [0.4, 0.5) is 0 Å². The molecule has 1 aromatic carbocycles. The highest BCUT2D eigenvalue weighted by molar-refractivity contribution is 5.37. The summed E-state index contributed by atoms with van der Waals surface area (Å²) in [7, 11) is 0. The molecule has 0 radical (unpaired) electrons. The average molecular weight is 221 g/mol. The Morgan fingerprint density at radius 3 is 3.00 bits per heavy atom. The van der Waals surface area contributed by atoms with Crippen LogP contribution >= 0.6 is 0 Å². The van der Waals surface area contributed by atoms with Gasteiger partial charge in [0.1, 0.15) is 11.9 Å². The van der Waals surface area contributed by atoms with Crippen LogP contribution in [0.25, 0.3) is 0 Å². The van der Waals surface area contributed by atoms with E-state index in [1.807, 2.05) is 18.2 Å². The van der Waals surface area contributed by atoms with Crippen LogP contribution in [0.2, 0.25) is 0 Å². The highest BCUT2D eigenvalue weighted by atomic mass is 16.5. The van der Waals surface area contributed by atoms with Gasteiger partial charge in [0.2, 0.25) is 0 Å². The van der Waals surface area contributed by atoms with Crippen LogP contribution in [0.1, 0.15) is 31.4 Å². The van der Waals surface area contributed by atoms with Crippen molar-refractivity contribution in [1.82, 2.24) is 5.32 Å². The third-order valence-corrected chi connectivity index (χ3v) is 2.93. The fourth-order valence-electron chi connectivity index (χ4n) is 2.12. The van der Waals surface area contributed by atoms with E-state index in [2.05, 4.69) is 18.3 Å². The van der Waals surface area contributed by atoms with Crippen molar-refractivity contribution < 1.29 is 9.84 Å². The third-order valence-electron chi connectivity index (χ3n) is 2.93. The largest absolute Gasteiger partial charge is 0.488 e. The van der Waals surface area contributed by atoms with E-state index < -0.39 is 0 Å². The number of aliphatic hydroxyl groups is 1. The Hall–Kier alpha value is -1.06. The number of nitrogens with one attached hydrogen (secondary N) is 1. The van der Waals surface area contributed by atoms with Gasteiger partial charge < -0.3 is 15.2 Å².